The van der Waals surface area contributed by atoms with E-state index in [0.29, 0.717) is 26.3 Å². The molecule has 3 saturated heterocycles. The van der Waals surface area contributed by atoms with Crippen LogP contribution in [0.1, 0.15) is 5.56 Å². The average Bonchev–Trinajstić information content (AvgIpc) is 3.55. The third-order valence-corrected chi connectivity index (χ3v) is 7.14. The fourth-order valence-corrected chi connectivity index (χ4v) is 5.21. The van der Waals surface area contributed by atoms with Gasteiger partial charge in [0.15, 0.2) is 6.10 Å². The molecular formula is C25H24F4N4O5. The fourth-order valence-electron chi connectivity index (χ4n) is 5.21. The highest BCUT2D eigenvalue weighted by atomic mass is 19.4. The molecule has 1 aromatic carbocycles. The van der Waals surface area contributed by atoms with E-state index >= 15 is 4.39 Å². The van der Waals surface area contributed by atoms with Crippen LogP contribution in [0, 0.1) is 5.82 Å². The molecule has 9 nitrogen and oxygen atoms in total. The highest BCUT2D eigenvalue weighted by Crippen LogP contribution is 2.43. The highest BCUT2D eigenvalue weighted by molar-refractivity contribution is 5.83. The molecule has 6 rings (SSSR count). The van der Waals surface area contributed by atoms with Crippen molar-refractivity contribution >= 4 is 23.4 Å². The van der Waals surface area contributed by atoms with Gasteiger partial charge in [-0.25, -0.2) is 4.98 Å². The van der Waals surface area contributed by atoms with Gasteiger partial charge in [0, 0.05) is 24.3 Å². The number of aromatic amines is 1. The standard InChI is InChI=1S/C25H24F4N4O5/c1-30-24-18(12-36-22(24)17(34)11-37-24)38-23-19(26)21-16(31-23)10-15(25(27,28)29)20(32-21)13-2-4-14(5-3-13)33-6-8-35-9-7-33/h2-5,10,17-18,22,31,34H,1,6-9,11-12H2/t17-,18-,22-,24-/m1/s1. The molecule has 2 N–H and O–H groups in total. The van der Waals surface area contributed by atoms with Gasteiger partial charge in [-0.15, -0.1) is 0 Å². The molecule has 0 aliphatic carbocycles. The molecule has 0 amide bonds. The van der Waals surface area contributed by atoms with Crippen LogP contribution in [0.15, 0.2) is 35.3 Å². The Kier molecular flexibility index (Phi) is 6.05. The third-order valence-electron chi connectivity index (χ3n) is 7.14. The number of fused-ring (bicyclic) bond motifs is 2. The van der Waals surface area contributed by atoms with E-state index in [-0.39, 0.29) is 29.8 Å². The van der Waals surface area contributed by atoms with E-state index < -0.39 is 53.2 Å². The topological polar surface area (TPSA) is 101 Å². The van der Waals surface area contributed by atoms with Crippen molar-refractivity contribution in [3.63, 3.8) is 0 Å². The first kappa shape index (κ1) is 25.0. The predicted octanol–water partition coefficient (Wildman–Crippen LogP) is 3.16. The number of nitrogens with one attached hydrogen (secondary N) is 1. The van der Waals surface area contributed by atoms with Gasteiger partial charge in [0.1, 0.15) is 17.7 Å². The number of anilines is 1. The number of aromatic nitrogens is 2. The first-order valence-corrected chi connectivity index (χ1v) is 12.0. The number of aliphatic imine (C=N–C) groups is 1. The Labute approximate surface area is 214 Å². The number of halogens is 4. The zero-order chi connectivity index (χ0) is 26.7. The van der Waals surface area contributed by atoms with E-state index in [1.165, 1.54) is 12.1 Å². The Morgan fingerprint density at radius 2 is 1.92 bits per heavy atom. The lowest BCUT2D eigenvalue weighted by Gasteiger charge is -2.29. The number of rotatable bonds is 5. The second-order valence-electron chi connectivity index (χ2n) is 9.34. The van der Waals surface area contributed by atoms with Gasteiger partial charge in [0.25, 0.3) is 0 Å². The normalized spacial score (nSPS) is 27.6. The summed E-state index contributed by atoms with van der Waals surface area (Å²) in [6, 6.07) is 7.31. The lowest BCUT2D eigenvalue weighted by atomic mass is 10.0. The smallest absolute Gasteiger partial charge is 0.418 e. The van der Waals surface area contributed by atoms with Crippen molar-refractivity contribution in [2.24, 2.45) is 4.99 Å². The van der Waals surface area contributed by atoms with Crippen LogP contribution in [0.2, 0.25) is 0 Å². The summed E-state index contributed by atoms with van der Waals surface area (Å²) in [5, 5.41) is 10.1. The van der Waals surface area contributed by atoms with E-state index in [4.69, 9.17) is 18.9 Å². The van der Waals surface area contributed by atoms with Crippen molar-refractivity contribution in [3.8, 4) is 17.1 Å². The van der Waals surface area contributed by atoms with Gasteiger partial charge in [0.2, 0.25) is 17.4 Å². The van der Waals surface area contributed by atoms with Crippen LogP contribution in [-0.2, 0) is 20.4 Å². The Morgan fingerprint density at radius 1 is 1.18 bits per heavy atom. The number of ether oxygens (including phenoxy) is 4. The quantitative estimate of drug-likeness (QED) is 0.382. The zero-order valence-electron chi connectivity index (χ0n) is 20.0. The van der Waals surface area contributed by atoms with Gasteiger partial charge in [-0.05, 0) is 24.9 Å². The van der Waals surface area contributed by atoms with Crippen LogP contribution in [0.3, 0.4) is 0 Å². The highest BCUT2D eigenvalue weighted by Gasteiger charge is 2.61. The predicted molar refractivity (Wildman–Crippen MR) is 128 cm³/mol. The number of aliphatic hydroxyl groups is 1. The van der Waals surface area contributed by atoms with Gasteiger partial charge in [0.05, 0.1) is 43.2 Å². The van der Waals surface area contributed by atoms with Crippen LogP contribution < -0.4 is 9.64 Å². The molecule has 0 bridgehead atoms. The van der Waals surface area contributed by atoms with Crippen molar-refractivity contribution in [3.05, 3.63) is 41.7 Å². The Morgan fingerprint density at radius 3 is 2.61 bits per heavy atom. The number of H-pyrrole nitrogens is 1. The molecule has 0 saturated carbocycles. The van der Waals surface area contributed by atoms with Crippen LogP contribution in [0.25, 0.3) is 22.3 Å². The summed E-state index contributed by atoms with van der Waals surface area (Å²) in [7, 11) is 0. The Bertz CT molecular complexity index is 1360. The number of nitrogens with zero attached hydrogens (tertiary/aromatic N) is 3. The van der Waals surface area contributed by atoms with E-state index in [1.54, 1.807) is 12.1 Å². The molecule has 5 heterocycles. The van der Waals surface area contributed by atoms with Crippen molar-refractivity contribution in [2.45, 2.75) is 30.2 Å². The van der Waals surface area contributed by atoms with Crippen molar-refractivity contribution in [1.29, 1.82) is 0 Å². The van der Waals surface area contributed by atoms with Gasteiger partial charge in [-0.1, -0.05) is 12.1 Å². The Hall–Kier alpha value is -3.26. The number of aliphatic hydroxyl groups excluding tert-OH is 1. The first-order valence-electron chi connectivity index (χ1n) is 12.0. The molecule has 2 aromatic heterocycles. The lowest BCUT2D eigenvalue weighted by Crippen LogP contribution is -2.47. The molecule has 3 fully saturated rings. The number of pyridine rings is 1. The molecule has 3 aliphatic rings. The summed E-state index contributed by atoms with van der Waals surface area (Å²) in [5.41, 5.74) is -2.37. The summed E-state index contributed by atoms with van der Waals surface area (Å²) < 4.78 is 79.9. The first-order chi connectivity index (χ1) is 18.2. The van der Waals surface area contributed by atoms with Gasteiger partial charge >= 0.3 is 6.18 Å². The maximum absolute atomic E-state index is 15.5. The van der Waals surface area contributed by atoms with Crippen LogP contribution in [0.4, 0.5) is 23.2 Å². The molecule has 13 heteroatoms. The average molecular weight is 536 g/mol. The van der Waals surface area contributed by atoms with Crippen LogP contribution in [-0.4, -0.2) is 85.3 Å². The summed E-state index contributed by atoms with van der Waals surface area (Å²) >= 11 is 0. The van der Waals surface area contributed by atoms with Gasteiger partial charge in [-0.2, -0.15) is 17.6 Å². The SMILES string of the molecule is C=N[C@]12OC[C@@H](O)[C@H]1OC[C@H]2Oc1[nH]c2cc(C(F)(F)F)c(-c3ccc(N4CCOCC4)cc3)nc2c1F. The van der Waals surface area contributed by atoms with Crippen LogP contribution in [0.5, 0.6) is 5.88 Å². The molecule has 202 valence electrons. The summed E-state index contributed by atoms with van der Waals surface area (Å²) in [6.07, 6.45) is -7.59. The molecule has 4 atom stereocenters. The number of benzene rings is 1. The molecule has 0 unspecified atom stereocenters. The fraction of sp³-hybridized carbons (Fsp3) is 0.440. The van der Waals surface area contributed by atoms with Crippen LogP contribution >= 0.6 is 0 Å². The largest absolute Gasteiger partial charge is 0.466 e. The van der Waals surface area contributed by atoms with E-state index in [1.807, 2.05) is 0 Å². The molecule has 3 aromatic rings. The van der Waals surface area contributed by atoms with E-state index in [0.717, 1.165) is 11.8 Å². The summed E-state index contributed by atoms with van der Waals surface area (Å²) in [5.74, 6) is -1.41. The third kappa shape index (κ3) is 4.01. The number of morpholine rings is 1. The van der Waals surface area contributed by atoms with E-state index in [2.05, 4.69) is 26.6 Å². The zero-order valence-corrected chi connectivity index (χ0v) is 20.0. The maximum Gasteiger partial charge on any atom is 0.418 e. The van der Waals surface area contributed by atoms with E-state index in [9.17, 15) is 18.3 Å². The summed E-state index contributed by atoms with van der Waals surface area (Å²) in [6.45, 7) is 5.80. The summed E-state index contributed by atoms with van der Waals surface area (Å²) in [4.78, 5) is 12.6. The number of hydrogen-bond acceptors (Lipinski definition) is 8. The minimum absolute atomic E-state index is 0.0804. The van der Waals surface area contributed by atoms with Gasteiger partial charge < -0.3 is 33.9 Å². The monoisotopic (exact) mass is 536 g/mol. The van der Waals surface area contributed by atoms with Crippen molar-refractivity contribution in [2.75, 3.05) is 44.4 Å². The molecular weight excluding hydrogens is 512 g/mol. The molecule has 0 radical (unpaired) electrons. The number of alkyl halides is 3. The lowest BCUT2D eigenvalue weighted by molar-refractivity contribution is -0.137. The number of hydrogen-bond donors (Lipinski definition) is 2. The minimum atomic E-state index is -4.75. The second kappa shape index (κ2) is 9.19. The molecule has 38 heavy (non-hydrogen) atoms. The molecule has 0 spiro atoms. The second-order valence-corrected chi connectivity index (χ2v) is 9.34. The molecule has 3 aliphatic heterocycles. The maximum atomic E-state index is 15.5. The van der Waals surface area contributed by atoms with Crippen molar-refractivity contribution in [1.82, 2.24) is 9.97 Å². The minimum Gasteiger partial charge on any atom is -0.466 e. The Balaban J connectivity index is 1.36. The van der Waals surface area contributed by atoms with Crippen molar-refractivity contribution < 1.29 is 41.6 Å². The van der Waals surface area contributed by atoms with Gasteiger partial charge in [-0.3, -0.25) is 4.99 Å².